The van der Waals surface area contributed by atoms with Gasteiger partial charge in [0.1, 0.15) is 23.0 Å². The number of pyridine rings is 1. The summed E-state index contributed by atoms with van der Waals surface area (Å²) in [5.41, 5.74) is 4.54. The predicted octanol–water partition coefficient (Wildman–Crippen LogP) is 8.27. The van der Waals surface area contributed by atoms with Gasteiger partial charge in [-0.1, -0.05) is 43.2 Å². The Morgan fingerprint density at radius 3 is 2.44 bits per heavy atom. The number of nitro benzene ring substituents is 1. The van der Waals surface area contributed by atoms with Crippen molar-refractivity contribution >= 4 is 62.1 Å². The maximum atomic E-state index is 13.8. The summed E-state index contributed by atoms with van der Waals surface area (Å²) < 4.78 is 40.8. The predicted molar refractivity (Wildman–Crippen MR) is 237 cm³/mol. The molecule has 0 spiro atoms. The van der Waals surface area contributed by atoms with Crippen molar-refractivity contribution < 1.29 is 37.5 Å². The number of nitrogens with zero attached hydrogens (tertiary/aromatic N) is 4. The molecule has 18 heteroatoms. The Bertz CT molecular complexity index is 2430. The number of carboxylic acid groups (broad SMARTS) is 1. The van der Waals surface area contributed by atoms with Crippen LogP contribution in [0.25, 0.3) is 5.57 Å². The summed E-state index contributed by atoms with van der Waals surface area (Å²) in [7, 11) is -4.61. The van der Waals surface area contributed by atoms with Crippen LogP contribution in [0.5, 0.6) is 11.5 Å². The SMILES string of the molecule is CC1(C)CCC(CN2CCN(c3ccc(C(=O)NS(=O)(=O)c4ccc(NCC5CCOCC5)c([N+](=O)[O-])c4)c(Oc4ccc(NC(=O)O)nc4)c3)CC2)=C(c2ccc(Cl)cc2)C1. The summed E-state index contributed by atoms with van der Waals surface area (Å²) in [5.74, 6) is -0.564. The fourth-order valence-electron chi connectivity index (χ4n) is 8.05. The highest BCUT2D eigenvalue weighted by Crippen LogP contribution is 2.43. The number of nitro groups is 1. The van der Waals surface area contributed by atoms with E-state index in [4.69, 9.17) is 26.2 Å². The molecule has 2 aliphatic heterocycles. The average molecular weight is 888 g/mol. The molecule has 1 aromatic heterocycles. The Morgan fingerprint density at radius 2 is 1.76 bits per heavy atom. The molecule has 3 heterocycles. The first-order chi connectivity index (χ1) is 29.6. The number of ether oxygens (including phenoxy) is 2. The largest absolute Gasteiger partial charge is 0.465 e. The molecule has 0 saturated carbocycles. The molecule has 0 radical (unpaired) electrons. The Hall–Kier alpha value is -5.75. The summed E-state index contributed by atoms with van der Waals surface area (Å²) in [6.07, 6.45) is 4.69. The van der Waals surface area contributed by atoms with E-state index in [-0.39, 0.29) is 39.9 Å². The highest BCUT2D eigenvalue weighted by molar-refractivity contribution is 7.90. The Balaban J connectivity index is 1.09. The molecule has 0 unspecified atom stereocenters. The molecular formula is C44H50ClN7O9S. The van der Waals surface area contributed by atoms with Crippen LogP contribution in [0.4, 0.5) is 27.7 Å². The molecule has 62 heavy (non-hydrogen) atoms. The van der Waals surface area contributed by atoms with Crippen molar-refractivity contribution in [3.8, 4) is 11.5 Å². The summed E-state index contributed by atoms with van der Waals surface area (Å²) in [4.78, 5) is 44.5. The molecule has 0 bridgehead atoms. The van der Waals surface area contributed by atoms with E-state index in [1.807, 2.05) is 12.1 Å². The summed E-state index contributed by atoms with van der Waals surface area (Å²) in [5, 5.41) is 27.1. The first-order valence-corrected chi connectivity index (χ1v) is 22.4. The van der Waals surface area contributed by atoms with Crippen LogP contribution in [-0.4, -0.2) is 92.8 Å². The van der Waals surface area contributed by atoms with E-state index >= 15 is 0 Å². The monoisotopic (exact) mass is 887 g/mol. The molecule has 2 saturated heterocycles. The lowest BCUT2D eigenvalue weighted by molar-refractivity contribution is -0.384. The third-order valence-corrected chi connectivity index (χ3v) is 13.1. The van der Waals surface area contributed by atoms with Crippen LogP contribution < -0.4 is 25.0 Å². The lowest BCUT2D eigenvalue weighted by Gasteiger charge is -2.39. The number of nitrogens with one attached hydrogen (secondary N) is 3. The fourth-order valence-corrected chi connectivity index (χ4v) is 9.16. The van der Waals surface area contributed by atoms with Gasteiger partial charge in [-0.2, -0.15) is 0 Å². The van der Waals surface area contributed by atoms with Crippen LogP contribution >= 0.6 is 11.6 Å². The molecule has 3 aliphatic rings. The zero-order valence-electron chi connectivity index (χ0n) is 34.6. The standard InChI is InChI=1S/C44H50ClN7O9S/c1-44(2)16-13-31(37(25-44)30-3-5-32(45)6-4-30)28-50-17-19-51(20-18-50)33-7-10-36(40(23-33)61-34-8-12-41(47-27-34)48-43(54)55)42(53)49-62(58,59)35-9-11-38(39(24-35)52(56)57)46-26-29-14-21-60-22-15-29/h3-12,23-24,27,29,46H,13-22,25-26,28H2,1-2H3,(H,47,48)(H,49,53)(H,54,55). The van der Waals surface area contributed by atoms with Gasteiger partial charge in [0.25, 0.3) is 21.6 Å². The van der Waals surface area contributed by atoms with E-state index in [9.17, 15) is 28.1 Å². The van der Waals surface area contributed by atoms with Gasteiger partial charge in [-0.25, -0.2) is 22.9 Å². The molecule has 0 atom stereocenters. The number of hydrogen-bond acceptors (Lipinski definition) is 12. The molecule has 2 fully saturated rings. The maximum absolute atomic E-state index is 13.8. The van der Waals surface area contributed by atoms with E-state index in [2.05, 4.69) is 56.1 Å². The third kappa shape index (κ3) is 11.2. The van der Waals surface area contributed by atoms with Crippen molar-refractivity contribution in [1.82, 2.24) is 14.6 Å². The minimum atomic E-state index is -4.61. The number of allylic oxidation sites excluding steroid dienone is 1. The second-order valence-electron chi connectivity index (χ2n) is 16.6. The van der Waals surface area contributed by atoms with Gasteiger partial charge in [-0.05, 0) is 103 Å². The van der Waals surface area contributed by atoms with Crippen molar-refractivity contribution in [2.45, 2.75) is 50.8 Å². The number of hydrogen-bond donors (Lipinski definition) is 4. The molecule has 3 aromatic carbocycles. The van der Waals surface area contributed by atoms with Crippen molar-refractivity contribution in [3.63, 3.8) is 0 Å². The first kappa shape index (κ1) is 44.3. The van der Waals surface area contributed by atoms with Gasteiger partial charge in [-0.3, -0.25) is 25.1 Å². The number of sulfonamides is 1. The second-order valence-corrected chi connectivity index (χ2v) is 18.7. The number of anilines is 3. The van der Waals surface area contributed by atoms with E-state index in [1.54, 1.807) is 12.1 Å². The quantitative estimate of drug-likeness (QED) is 0.0696. The van der Waals surface area contributed by atoms with Gasteiger partial charge in [0.2, 0.25) is 0 Å². The topological polar surface area (TPSA) is 206 Å². The normalized spacial score (nSPS) is 17.3. The molecule has 16 nitrogen and oxygen atoms in total. The van der Waals surface area contributed by atoms with Crippen molar-refractivity contribution in [2.75, 3.05) is 68.0 Å². The average Bonchev–Trinajstić information content (AvgIpc) is 3.24. The Kier molecular flexibility index (Phi) is 13.7. The van der Waals surface area contributed by atoms with Gasteiger partial charge in [0, 0.05) is 75.3 Å². The number of amides is 2. The van der Waals surface area contributed by atoms with E-state index in [0.717, 1.165) is 63.5 Å². The zero-order valence-corrected chi connectivity index (χ0v) is 36.1. The zero-order chi connectivity index (χ0) is 44.0. The van der Waals surface area contributed by atoms with Crippen LogP contribution in [0.3, 0.4) is 0 Å². The molecule has 4 aromatic rings. The Labute approximate surface area is 365 Å². The van der Waals surface area contributed by atoms with Gasteiger partial charge in [0.05, 0.1) is 21.6 Å². The second kappa shape index (κ2) is 19.1. The number of piperazine rings is 1. The smallest absolute Gasteiger partial charge is 0.410 e. The number of rotatable bonds is 14. The van der Waals surface area contributed by atoms with E-state index in [1.165, 1.54) is 53.2 Å². The maximum Gasteiger partial charge on any atom is 0.410 e. The van der Waals surface area contributed by atoms with Crippen molar-refractivity contribution in [2.24, 2.45) is 11.3 Å². The number of halogens is 1. The lowest BCUT2D eigenvalue weighted by Crippen LogP contribution is -2.47. The van der Waals surface area contributed by atoms with E-state index < -0.39 is 37.5 Å². The molecular weight excluding hydrogens is 838 g/mol. The Morgan fingerprint density at radius 1 is 1.02 bits per heavy atom. The van der Waals surface area contributed by atoms with Crippen LogP contribution in [-0.2, 0) is 14.8 Å². The highest BCUT2D eigenvalue weighted by atomic mass is 35.5. The summed E-state index contributed by atoms with van der Waals surface area (Å²) in [6.45, 7) is 10.0. The molecule has 7 rings (SSSR count). The number of carbonyl (C=O) groups excluding carboxylic acids is 1. The lowest BCUT2D eigenvalue weighted by atomic mass is 9.72. The number of carbonyl (C=O) groups is 2. The fraction of sp³-hybridized carbons (Fsp3) is 0.386. The molecule has 2 amide bonds. The van der Waals surface area contributed by atoms with Gasteiger partial charge in [0.15, 0.2) is 0 Å². The molecule has 328 valence electrons. The third-order valence-electron chi connectivity index (χ3n) is 11.6. The van der Waals surface area contributed by atoms with E-state index in [0.29, 0.717) is 37.9 Å². The van der Waals surface area contributed by atoms with Crippen LogP contribution in [0.2, 0.25) is 5.02 Å². The van der Waals surface area contributed by atoms with Crippen LogP contribution in [0, 0.1) is 21.4 Å². The van der Waals surface area contributed by atoms with Crippen LogP contribution in [0.1, 0.15) is 61.9 Å². The molecule has 4 N–H and O–H groups in total. The first-order valence-electron chi connectivity index (χ1n) is 20.5. The van der Waals surface area contributed by atoms with Crippen LogP contribution in [0.15, 0.2) is 89.5 Å². The van der Waals surface area contributed by atoms with Crippen molar-refractivity contribution in [1.29, 1.82) is 0 Å². The minimum Gasteiger partial charge on any atom is -0.465 e. The summed E-state index contributed by atoms with van der Waals surface area (Å²) >= 11 is 6.22. The van der Waals surface area contributed by atoms with Crippen molar-refractivity contribution in [3.05, 3.63) is 111 Å². The van der Waals surface area contributed by atoms with Gasteiger partial charge in [-0.15, -0.1) is 0 Å². The minimum absolute atomic E-state index is 0.0135. The molecule has 1 aliphatic carbocycles. The number of benzene rings is 3. The number of aromatic nitrogens is 1. The summed E-state index contributed by atoms with van der Waals surface area (Å²) in [6, 6.07) is 19.2. The van der Waals surface area contributed by atoms with Gasteiger partial charge >= 0.3 is 6.09 Å². The van der Waals surface area contributed by atoms with Gasteiger partial charge < -0.3 is 24.8 Å². The highest BCUT2D eigenvalue weighted by Gasteiger charge is 2.31.